The molecule has 0 aliphatic rings. The molecule has 7 heteroatoms. The number of nitrogens with zero attached hydrogens (tertiary/aromatic N) is 5. The highest BCUT2D eigenvalue weighted by molar-refractivity contribution is 7.15. The number of rotatable bonds is 2. The van der Waals surface area contributed by atoms with Gasteiger partial charge in [0.05, 0.1) is 10.6 Å². The Morgan fingerprint density at radius 1 is 1.41 bits per heavy atom. The van der Waals surface area contributed by atoms with Crippen LogP contribution in [0.2, 0.25) is 0 Å². The molecule has 3 aromatic rings. The van der Waals surface area contributed by atoms with Crippen LogP contribution in [0.1, 0.15) is 10.7 Å². The van der Waals surface area contributed by atoms with Crippen LogP contribution < -0.4 is 5.73 Å². The van der Waals surface area contributed by atoms with Gasteiger partial charge in [-0.3, -0.25) is 4.40 Å². The van der Waals surface area contributed by atoms with Gasteiger partial charge in [0.2, 0.25) is 0 Å². The van der Waals surface area contributed by atoms with Gasteiger partial charge < -0.3 is 5.73 Å². The minimum Gasteiger partial charge on any atom is -0.325 e. The van der Waals surface area contributed by atoms with Gasteiger partial charge >= 0.3 is 0 Å². The molecule has 17 heavy (non-hydrogen) atoms. The van der Waals surface area contributed by atoms with E-state index in [0.29, 0.717) is 6.54 Å². The van der Waals surface area contributed by atoms with E-state index in [1.807, 2.05) is 17.4 Å². The van der Waals surface area contributed by atoms with Gasteiger partial charge in [0.15, 0.2) is 11.5 Å². The Morgan fingerprint density at radius 3 is 3.06 bits per heavy atom. The first-order valence-electron chi connectivity index (χ1n) is 5.11. The molecule has 0 fully saturated rings. The summed E-state index contributed by atoms with van der Waals surface area (Å²) >= 11 is 1.54. The molecule has 0 aromatic carbocycles. The molecule has 0 spiro atoms. The molecule has 3 aromatic heterocycles. The third kappa shape index (κ3) is 1.60. The van der Waals surface area contributed by atoms with E-state index < -0.39 is 0 Å². The topological polar surface area (TPSA) is 82.0 Å². The van der Waals surface area contributed by atoms with Crippen molar-refractivity contribution in [1.29, 1.82) is 0 Å². The number of thiazole rings is 1. The van der Waals surface area contributed by atoms with E-state index in [9.17, 15) is 0 Å². The van der Waals surface area contributed by atoms with Gasteiger partial charge in [-0.25, -0.2) is 9.97 Å². The number of hydrogen-bond donors (Lipinski definition) is 1. The Kier molecular flexibility index (Phi) is 2.34. The molecule has 0 atom stereocenters. The fourth-order valence-corrected chi connectivity index (χ4v) is 2.57. The molecule has 0 saturated carbocycles. The molecule has 0 bridgehead atoms. The molecular weight excluding hydrogens is 236 g/mol. The summed E-state index contributed by atoms with van der Waals surface area (Å²) in [6, 6.07) is 1.82. The van der Waals surface area contributed by atoms with Crippen molar-refractivity contribution in [2.75, 3.05) is 0 Å². The van der Waals surface area contributed by atoms with Crippen LogP contribution in [0.25, 0.3) is 16.3 Å². The van der Waals surface area contributed by atoms with Crippen LogP contribution in [-0.2, 0) is 6.54 Å². The molecule has 0 aliphatic heterocycles. The summed E-state index contributed by atoms with van der Waals surface area (Å²) in [5.74, 6) is 0.766. The summed E-state index contributed by atoms with van der Waals surface area (Å²) in [6.45, 7) is 2.39. The first kappa shape index (κ1) is 10.3. The van der Waals surface area contributed by atoms with E-state index in [4.69, 9.17) is 5.73 Å². The maximum atomic E-state index is 5.59. The molecule has 0 amide bonds. The normalized spacial score (nSPS) is 11.2. The van der Waals surface area contributed by atoms with Crippen LogP contribution >= 0.6 is 11.3 Å². The summed E-state index contributed by atoms with van der Waals surface area (Å²) in [5.41, 5.74) is 7.29. The Hall–Kier alpha value is -1.86. The minimum absolute atomic E-state index is 0.445. The lowest BCUT2D eigenvalue weighted by Gasteiger charge is -1.95. The van der Waals surface area contributed by atoms with Gasteiger partial charge in [0, 0.05) is 18.8 Å². The maximum Gasteiger partial charge on any atom is 0.181 e. The number of aryl methyl sites for hydroxylation is 1. The SMILES string of the molecule is Cc1nc(CN)sc1-c1nnc2ccncn12. The van der Waals surface area contributed by atoms with Crippen molar-refractivity contribution in [2.45, 2.75) is 13.5 Å². The smallest absolute Gasteiger partial charge is 0.181 e. The average Bonchev–Trinajstić information content (AvgIpc) is 2.92. The quantitative estimate of drug-likeness (QED) is 0.730. The summed E-state index contributed by atoms with van der Waals surface area (Å²) in [7, 11) is 0. The second-order valence-corrected chi connectivity index (χ2v) is 4.64. The third-order valence-corrected chi connectivity index (χ3v) is 3.61. The van der Waals surface area contributed by atoms with E-state index in [2.05, 4.69) is 20.2 Å². The van der Waals surface area contributed by atoms with Gasteiger partial charge in [0.1, 0.15) is 11.3 Å². The second-order valence-electron chi connectivity index (χ2n) is 3.56. The van der Waals surface area contributed by atoms with Gasteiger partial charge in [-0.2, -0.15) is 0 Å². The van der Waals surface area contributed by atoms with Crippen LogP contribution in [0.4, 0.5) is 0 Å². The highest BCUT2D eigenvalue weighted by Crippen LogP contribution is 2.28. The first-order valence-corrected chi connectivity index (χ1v) is 5.92. The van der Waals surface area contributed by atoms with Gasteiger partial charge in [0.25, 0.3) is 0 Å². The summed E-state index contributed by atoms with van der Waals surface area (Å²) in [5, 5.41) is 9.17. The zero-order valence-electron chi connectivity index (χ0n) is 9.16. The van der Waals surface area contributed by atoms with Crippen LogP contribution in [0.15, 0.2) is 18.6 Å². The Bertz CT molecular complexity index is 670. The standard InChI is InChI=1S/C10H10N6S/c1-6-9(17-8(4-11)13-6)10-15-14-7-2-3-12-5-16(7)10/h2-3,5H,4,11H2,1H3. The summed E-state index contributed by atoms with van der Waals surface area (Å²) in [4.78, 5) is 9.45. The molecule has 0 saturated heterocycles. The molecule has 86 valence electrons. The summed E-state index contributed by atoms with van der Waals surface area (Å²) in [6.07, 6.45) is 3.39. The average molecular weight is 246 g/mol. The third-order valence-electron chi connectivity index (χ3n) is 2.43. The first-order chi connectivity index (χ1) is 8.29. The number of fused-ring (bicyclic) bond motifs is 1. The highest BCUT2D eigenvalue weighted by Gasteiger charge is 2.14. The number of nitrogens with two attached hydrogens (primary N) is 1. The fourth-order valence-electron chi connectivity index (χ4n) is 1.65. The Balaban J connectivity index is 2.23. The molecule has 2 N–H and O–H groups in total. The van der Waals surface area contributed by atoms with Crippen LogP contribution in [0.5, 0.6) is 0 Å². The van der Waals surface area contributed by atoms with Crippen molar-refractivity contribution < 1.29 is 0 Å². The van der Waals surface area contributed by atoms with Gasteiger partial charge in [-0.05, 0) is 6.92 Å². The lowest BCUT2D eigenvalue weighted by molar-refractivity contribution is 1.02. The zero-order valence-corrected chi connectivity index (χ0v) is 9.98. The van der Waals surface area contributed by atoms with E-state index in [1.165, 1.54) is 0 Å². The molecule has 0 aliphatic carbocycles. The van der Waals surface area contributed by atoms with Crippen LogP contribution in [0.3, 0.4) is 0 Å². The largest absolute Gasteiger partial charge is 0.325 e. The second kappa shape index (κ2) is 3.86. The minimum atomic E-state index is 0.445. The Morgan fingerprint density at radius 2 is 2.29 bits per heavy atom. The van der Waals surface area contributed by atoms with Crippen molar-refractivity contribution in [2.24, 2.45) is 5.73 Å². The Labute approximate surface area is 101 Å². The van der Waals surface area contributed by atoms with Crippen LogP contribution in [0, 0.1) is 6.92 Å². The summed E-state index contributed by atoms with van der Waals surface area (Å²) < 4.78 is 1.85. The molecule has 0 radical (unpaired) electrons. The van der Waals surface area contributed by atoms with E-state index in [1.54, 1.807) is 23.9 Å². The molecule has 3 rings (SSSR count). The number of hydrogen-bond acceptors (Lipinski definition) is 6. The highest BCUT2D eigenvalue weighted by atomic mass is 32.1. The predicted molar refractivity (Wildman–Crippen MR) is 64.5 cm³/mol. The predicted octanol–water partition coefficient (Wildman–Crippen LogP) is 1.01. The van der Waals surface area contributed by atoms with Crippen molar-refractivity contribution >= 4 is 17.0 Å². The van der Waals surface area contributed by atoms with Gasteiger partial charge in [-0.1, -0.05) is 0 Å². The van der Waals surface area contributed by atoms with Crippen molar-refractivity contribution in [1.82, 2.24) is 24.6 Å². The van der Waals surface area contributed by atoms with E-state index in [0.717, 1.165) is 27.1 Å². The van der Waals surface area contributed by atoms with Crippen molar-refractivity contribution in [3.63, 3.8) is 0 Å². The van der Waals surface area contributed by atoms with Crippen molar-refractivity contribution in [3.8, 4) is 10.7 Å². The maximum absolute atomic E-state index is 5.59. The zero-order chi connectivity index (χ0) is 11.8. The molecule has 6 nitrogen and oxygen atoms in total. The van der Waals surface area contributed by atoms with E-state index >= 15 is 0 Å². The van der Waals surface area contributed by atoms with Crippen molar-refractivity contribution in [3.05, 3.63) is 29.3 Å². The molecule has 0 unspecified atom stereocenters. The lowest BCUT2D eigenvalue weighted by Crippen LogP contribution is -1.94. The fraction of sp³-hybridized carbons (Fsp3) is 0.200. The monoisotopic (exact) mass is 246 g/mol. The number of aromatic nitrogens is 5. The molecule has 3 heterocycles. The van der Waals surface area contributed by atoms with Gasteiger partial charge in [-0.15, -0.1) is 21.5 Å². The molecular formula is C10H10N6S. The van der Waals surface area contributed by atoms with Crippen LogP contribution in [-0.4, -0.2) is 24.6 Å². The lowest BCUT2D eigenvalue weighted by atomic mass is 10.4. The van der Waals surface area contributed by atoms with E-state index in [-0.39, 0.29) is 0 Å².